The SMILES string of the molecule is Cc1ccc(/C(O)=C2\C(=O)C(=O)N(c3nc4ccc(F)cc4s3)[C@H]2c2cccc([N+](=O)[O-])c2)cc1. The summed E-state index contributed by atoms with van der Waals surface area (Å²) in [6.07, 6.45) is 0. The second kappa shape index (κ2) is 8.41. The van der Waals surface area contributed by atoms with E-state index in [4.69, 9.17) is 0 Å². The molecule has 1 saturated heterocycles. The number of non-ortho nitro benzene ring substituents is 1. The Bertz CT molecular complexity index is 1560. The van der Waals surface area contributed by atoms with Crippen molar-refractivity contribution in [1.82, 2.24) is 4.98 Å². The number of nitro benzene ring substituents is 1. The van der Waals surface area contributed by atoms with E-state index in [1.807, 2.05) is 6.92 Å². The van der Waals surface area contributed by atoms with Crippen LogP contribution in [-0.2, 0) is 9.59 Å². The number of halogens is 1. The van der Waals surface area contributed by atoms with E-state index in [1.165, 1.54) is 42.5 Å². The molecule has 1 fully saturated rings. The molecule has 1 atom stereocenters. The summed E-state index contributed by atoms with van der Waals surface area (Å²) in [5.41, 5.74) is 1.45. The molecule has 10 heteroatoms. The Labute approximate surface area is 201 Å². The van der Waals surface area contributed by atoms with Crippen molar-refractivity contribution in [3.63, 3.8) is 0 Å². The van der Waals surface area contributed by atoms with E-state index < -0.39 is 34.2 Å². The lowest BCUT2D eigenvalue weighted by Crippen LogP contribution is -2.29. The summed E-state index contributed by atoms with van der Waals surface area (Å²) in [6, 6.07) is 15.0. The van der Waals surface area contributed by atoms with Crippen LogP contribution in [0.1, 0.15) is 22.7 Å². The molecule has 1 aliphatic rings. The average Bonchev–Trinajstić information content (AvgIpc) is 3.37. The smallest absolute Gasteiger partial charge is 0.301 e. The first kappa shape index (κ1) is 22.4. The van der Waals surface area contributed by atoms with Crippen LogP contribution < -0.4 is 4.90 Å². The molecule has 8 nitrogen and oxygen atoms in total. The molecule has 1 aromatic heterocycles. The van der Waals surface area contributed by atoms with Gasteiger partial charge in [-0.2, -0.15) is 0 Å². The number of anilines is 1. The number of rotatable bonds is 4. The van der Waals surface area contributed by atoms with Crippen LogP contribution in [0.5, 0.6) is 0 Å². The van der Waals surface area contributed by atoms with Crippen LogP contribution in [0.15, 0.2) is 72.3 Å². The first-order valence-corrected chi connectivity index (χ1v) is 11.2. The van der Waals surface area contributed by atoms with Crippen LogP contribution in [0, 0.1) is 22.9 Å². The van der Waals surface area contributed by atoms with Crippen LogP contribution in [0.2, 0.25) is 0 Å². The molecule has 174 valence electrons. The molecule has 0 spiro atoms. The number of amides is 1. The highest BCUT2D eigenvalue weighted by Gasteiger charge is 2.48. The zero-order chi connectivity index (χ0) is 24.9. The average molecular weight is 489 g/mol. The van der Waals surface area contributed by atoms with E-state index >= 15 is 0 Å². The monoisotopic (exact) mass is 489 g/mol. The molecule has 5 rings (SSSR count). The topological polar surface area (TPSA) is 114 Å². The van der Waals surface area contributed by atoms with Crippen LogP contribution in [0.25, 0.3) is 16.0 Å². The number of ketones is 1. The molecule has 0 radical (unpaired) electrons. The summed E-state index contributed by atoms with van der Waals surface area (Å²) in [5, 5.41) is 22.7. The third kappa shape index (κ3) is 3.83. The van der Waals surface area contributed by atoms with Crippen molar-refractivity contribution in [2.75, 3.05) is 4.90 Å². The van der Waals surface area contributed by atoms with Gasteiger partial charge >= 0.3 is 5.91 Å². The van der Waals surface area contributed by atoms with Gasteiger partial charge in [-0.05, 0) is 30.7 Å². The molecule has 3 aromatic carbocycles. The van der Waals surface area contributed by atoms with Gasteiger partial charge < -0.3 is 5.11 Å². The molecular formula is C25H16FN3O5S. The van der Waals surface area contributed by atoms with Gasteiger partial charge in [-0.1, -0.05) is 53.3 Å². The Kier molecular flexibility index (Phi) is 5.37. The molecule has 0 aliphatic carbocycles. The third-order valence-electron chi connectivity index (χ3n) is 5.71. The number of nitro groups is 1. The number of aromatic nitrogens is 1. The number of Topliss-reactive ketones (excluding diaryl/α,β-unsaturated/α-hetero) is 1. The lowest BCUT2D eigenvalue weighted by Gasteiger charge is -2.22. The van der Waals surface area contributed by atoms with Crippen molar-refractivity contribution < 1.29 is 24.0 Å². The van der Waals surface area contributed by atoms with Crippen molar-refractivity contribution in [2.45, 2.75) is 13.0 Å². The van der Waals surface area contributed by atoms with Crippen LogP contribution in [0.4, 0.5) is 15.2 Å². The van der Waals surface area contributed by atoms with Gasteiger partial charge in [0.1, 0.15) is 11.6 Å². The Hall–Kier alpha value is -4.44. The standard InChI is InChI=1S/C25H16FN3O5S/c1-13-5-7-14(8-6-13)22(30)20-21(15-3-2-4-17(11-15)29(33)34)28(24(32)23(20)31)25-27-18-10-9-16(26)12-19(18)35-25/h2-12,21,30H,1H3/b22-20+/t21-/m0/s1. The van der Waals surface area contributed by atoms with E-state index in [0.29, 0.717) is 15.8 Å². The summed E-state index contributed by atoms with van der Waals surface area (Å²) in [5.74, 6) is -2.79. The number of hydrogen-bond acceptors (Lipinski definition) is 7. The fraction of sp³-hybridized carbons (Fsp3) is 0.0800. The maximum atomic E-state index is 13.7. The van der Waals surface area contributed by atoms with Gasteiger partial charge in [-0.25, -0.2) is 9.37 Å². The largest absolute Gasteiger partial charge is 0.507 e. The van der Waals surface area contributed by atoms with Crippen LogP contribution in [0.3, 0.4) is 0 Å². The highest BCUT2D eigenvalue weighted by molar-refractivity contribution is 7.22. The van der Waals surface area contributed by atoms with Gasteiger partial charge in [0.05, 0.1) is 26.8 Å². The Morgan fingerprint density at radius 1 is 1.11 bits per heavy atom. The lowest BCUT2D eigenvalue weighted by molar-refractivity contribution is -0.384. The maximum Gasteiger partial charge on any atom is 0.301 e. The fourth-order valence-electron chi connectivity index (χ4n) is 4.01. The highest BCUT2D eigenvalue weighted by atomic mass is 32.1. The number of aliphatic hydroxyl groups excluding tert-OH is 1. The van der Waals surface area contributed by atoms with Gasteiger partial charge in [0.15, 0.2) is 5.13 Å². The van der Waals surface area contributed by atoms with Crippen LogP contribution in [-0.4, -0.2) is 26.7 Å². The minimum absolute atomic E-state index is 0.104. The molecule has 0 bridgehead atoms. The molecule has 1 amide bonds. The molecule has 4 aromatic rings. The molecule has 1 N–H and O–H groups in total. The van der Waals surface area contributed by atoms with Gasteiger partial charge in [0, 0.05) is 17.7 Å². The minimum atomic E-state index is -1.18. The number of hydrogen-bond donors (Lipinski definition) is 1. The second-order valence-electron chi connectivity index (χ2n) is 8.00. The quantitative estimate of drug-likeness (QED) is 0.137. The Morgan fingerprint density at radius 3 is 2.57 bits per heavy atom. The number of benzene rings is 3. The fourth-order valence-corrected chi connectivity index (χ4v) is 5.03. The van der Waals surface area contributed by atoms with Crippen LogP contribution >= 0.6 is 11.3 Å². The summed E-state index contributed by atoms with van der Waals surface area (Å²) >= 11 is 0.999. The summed E-state index contributed by atoms with van der Waals surface area (Å²) in [6.45, 7) is 1.86. The molecule has 1 aliphatic heterocycles. The third-order valence-corrected chi connectivity index (χ3v) is 6.73. The van der Waals surface area contributed by atoms with Gasteiger partial charge in [-0.3, -0.25) is 24.6 Å². The first-order chi connectivity index (χ1) is 16.7. The summed E-state index contributed by atoms with van der Waals surface area (Å²) in [7, 11) is 0. The van der Waals surface area contributed by atoms with Gasteiger partial charge in [0.2, 0.25) is 0 Å². The van der Waals surface area contributed by atoms with E-state index in [-0.39, 0.29) is 22.0 Å². The zero-order valence-corrected chi connectivity index (χ0v) is 19.0. The number of aryl methyl sites for hydroxylation is 1. The molecule has 2 heterocycles. The summed E-state index contributed by atoms with van der Waals surface area (Å²) in [4.78, 5) is 42.8. The molecule has 35 heavy (non-hydrogen) atoms. The van der Waals surface area contributed by atoms with Crippen molar-refractivity contribution in [3.8, 4) is 0 Å². The lowest BCUT2D eigenvalue weighted by atomic mass is 9.95. The Balaban J connectivity index is 1.75. The van der Waals surface area contributed by atoms with Crippen molar-refractivity contribution >= 4 is 49.8 Å². The predicted molar refractivity (Wildman–Crippen MR) is 129 cm³/mol. The van der Waals surface area contributed by atoms with Crippen molar-refractivity contribution in [1.29, 1.82) is 0 Å². The first-order valence-electron chi connectivity index (χ1n) is 10.4. The number of aliphatic hydroxyl groups is 1. The minimum Gasteiger partial charge on any atom is -0.507 e. The van der Waals surface area contributed by atoms with Crippen molar-refractivity contribution in [3.05, 3.63) is 105 Å². The number of carbonyl (C=O) groups excluding carboxylic acids is 2. The second-order valence-corrected chi connectivity index (χ2v) is 9.00. The van der Waals surface area contributed by atoms with E-state index in [2.05, 4.69) is 4.98 Å². The van der Waals surface area contributed by atoms with Gasteiger partial charge in [-0.15, -0.1) is 0 Å². The highest BCUT2D eigenvalue weighted by Crippen LogP contribution is 2.44. The molecular weight excluding hydrogens is 473 g/mol. The van der Waals surface area contributed by atoms with E-state index in [0.717, 1.165) is 21.8 Å². The molecule has 0 saturated carbocycles. The maximum absolute atomic E-state index is 13.7. The zero-order valence-electron chi connectivity index (χ0n) is 18.1. The van der Waals surface area contributed by atoms with E-state index in [9.17, 15) is 29.2 Å². The predicted octanol–water partition coefficient (Wildman–Crippen LogP) is 5.28. The van der Waals surface area contributed by atoms with Gasteiger partial charge in [0.25, 0.3) is 11.5 Å². The van der Waals surface area contributed by atoms with Crippen molar-refractivity contribution in [2.24, 2.45) is 0 Å². The number of carbonyl (C=O) groups is 2. The number of thiazole rings is 1. The number of fused-ring (bicyclic) bond motifs is 1. The normalized spacial score (nSPS) is 17.3. The summed E-state index contributed by atoms with van der Waals surface area (Å²) < 4.78 is 14.2. The molecule has 0 unspecified atom stereocenters. The Morgan fingerprint density at radius 2 is 1.86 bits per heavy atom. The number of nitrogens with zero attached hydrogens (tertiary/aromatic N) is 3. The van der Waals surface area contributed by atoms with E-state index in [1.54, 1.807) is 24.3 Å².